The van der Waals surface area contributed by atoms with E-state index in [2.05, 4.69) is 0 Å². The highest BCUT2D eigenvalue weighted by Crippen LogP contribution is 2.44. The van der Waals surface area contributed by atoms with Crippen LogP contribution in [0.5, 0.6) is 0 Å². The van der Waals surface area contributed by atoms with Crippen molar-refractivity contribution in [1.82, 2.24) is 0 Å². The Labute approximate surface area is 131 Å². The summed E-state index contributed by atoms with van der Waals surface area (Å²) >= 11 is 0. The van der Waals surface area contributed by atoms with Crippen LogP contribution in [-0.2, 0) is 0 Å². The molecule has 1 aliphatic heterocycles. The molecule has 0 aliphatic carbocycles. The lowest BCUT2D eigenvalue weighted by molar-refractivity contribution is -0.383. The number of carbonyl (C=O) groups excluding carboxylic acids is 1. The molecule has 0 atom stereocenters. The van der Waals surface area contributed by atoms with Gasteiger partial charge < -0.3 is 0 Å². The SMILES string of the molecule is Cc1ccc(N2C(=O)c3cccc4c([N+](=O)[O-])ccc2c34)cc1. The van der Waals surface area contributed by atoms with Gasteiger partial charge in [-0.2, -0.15) is 0 Å². The number of benzene rings is 3. The van der Waals surface area contributed by atoms with Crippen molar-refractivity contribution in [3.05, 3.63) is 75.8 Å². The fourth-order valence-electron chi connectivity index (χ4n) is 3.08. The minimum absolute atomic E-state index is 0.0177. The Morgan fingerprint density at radius 2 is 1.74 bits per heavy atom. The number of nitro groups is 1. The maximum Gasteiger partial charge on any atom is 0.277 e. The third-order valence-electron chi connectivity index (χ3n) is 4.16. The van der Waals surface area contributed by atoms with Gasteiger partial charge in [-0.1, -0.05) is 23.8 Å². The summed E-state index contributed by atoms with van der Waals surface area (Å²) in [7, 11) is 0. The fraction of sp³-hybridized carbons (Fsp3) is 0.0556. The van der Waals surface area contributed by atoms with E-state index < -0.39 is 4.92 Å². The Balaban J connectivity index is 2.01. The molecule has 4 rings (SSSR count). The molecule has 3 aromatic rings. The Bertz CT molecular complexity index is 977. The standard InChI is InChI=1S/C18H12N2O3/c1-11-5-7-12(8-6-11)19-16-10-9-15(20(22)23)13-3-2-4-14(17(13)16)18(19)21/h2-10H,1H3. The van der Waals surface area contributed by atoms with Crippen LogP contribution in [0.3, 0.4) is 0 Å². The predicted octanol–water partition coefficient (Wildman–Crippen LogP) is 4.35. The molecule has 0 saturated heterocycles. The minimum Gasteiger partial charge on any atom is -0.276 e. The van der Waals surface area contributed by atoms with Gasteiger partial charge in [0.05, 0.1) is 21.6 Å². The molecule has 5 heteroatoms. The third-order valence-corrected chi connectivity index (χ3v) is 4.16. The lowest BCUT2D eigenvalue weighted by Gasteiger charge is -2.18. The van der Waals surface area contributed by atoms with Gasteiger partial charge in [-0.05, 0) is 37.3 Å². The number of non-ortho nitro benzene ring substituents is 1. The number of hydrogen-bond donors (Lipinski definition) is 0. The molecule has 0 saturated carbocycles. The molecule has 1 amide bonds. The van der Waals surface area contributed by atoms with Gasteiger partial charge in [-0.25, -0.2) is 0 Å². The lowest BCUT2D eigenvalue weighted by atomic mass is 10.0. The van der Waals surface area contributed by atoms with Crippen LogP contribution in [0, 0.1) is 17.0 Å². The maximum absolute atomic E-state index is 12.8. The first-order valence-electron chi connectivity index (χ1n) is 7.19. The average molecular weight is 304 g/mol. The van der Waals surface area contributed by atoms with Crippen LogP contribution in [0.25, 0.3) is 10.8 Å². The molecule has 0 bridgehead atoms. The van der Waals surface area contributed by atoms with E-state index in [0.717, 1.165) is 11.3 Å². The molecular weight excluding hydrogens is 292 g/mol. The Hall–Kier alpha value is -3.21. The number of hydrogen-bond acceptors (Lipinski definition) is 3. The molecule has 0 aromatic heterocycles. The van der Waals surface area contributed by atoms with Crippen LogP contribution in [0.4, 0.5) is 17.1 Å². The van der Waals surface area contributed by atoms with Gasteiger partial charge in [0.15, 0.2) is 0 Å². The Morgan fingerprint density at radius 3 is 2.43 bits per heavy atom. The minimum atomic E-state index is -0.415. The maximum atomic E-state index is 12.8. The van der Waals surface area contributed by atoms with E-state index in [1.165, 1.54) is 6.07 Å². The second kappa shape index (κ2) is 4.64. The Kier molecular flexibility index (Phi) is 2.72. The molecule has 1 heterocycles. The predicted molar refractivity (Wildman–Crippen MR) is 88.3 cm³/mol. The summed E-state index contributed by atoms with van der Waals surface area (Å²) in [6.45, 7) is 1.98. The first-order chi connectivity index (χ1) is 11.1. The van der Waals surface area contributed by atoms with Crippen molar-refractivity contribution in [1.29, 1.82) is 0 Å². The van der Waals surface area contributed by atoms with Crippen molar-refractivity contribution in [2.45, 2.75) is 6.92 Å². The van der Waals surface area contributed by atoms with E-state index >= 15 is 0 Å². The summed E-state index contributed by atoms with van der Waals surface area (Å²) in [5, 5.41) is 12.4. The summed E-state index contributed by atoms with van der Waals surface area (Å²) in [5.74, 6) is -0.157. The van der Waals surface area contributed by atoms with Crippen LogP contribution in [-0.4, -0.2) is 10.8 Å². The highest BCUT2D eigenvalue weighted by molar-refractivity contribution is 6.28. The van der Waals surface area contributed by atoms with E-state index in [4.69, 9.17) is 0 Å². The number of nitrogens with zero attached hydrogens (tertiary/aromatic N) is 2. The molecule has 0 fully saturated rings. The fourth-order valence-corrected chi connectivity index (χ4v) is 3.08. The largest absolute Gasteiger partial charge is 0.277 e. The molecule has 1 aliphatic rings. The van der Waals surface area contributed by atoms with Crippen LogP contribution >= 0.6 is 0 Å². The summed E-state index contributed by atoms with van der Waals surface area (Å²) in [6, 6.07) is 15.8. The van der Waals surface area contributed by atoms with Crippen molar-refractivity contribution >= 4 is 33.7 Å². The quantitative estimate of drug-likeness (QED) is 0.522. The second-order valence-electron chi connectivity index (χ2n) is 5.57. The van der Waals surface area contributed by atoms with Crippen molar-refractivity contribution in [3.63, 3.8) is 0 Å². The van der Waals surface area contributed by atoms with Crippen LogP contribution < -0.4 is 4.90 Å². The smallest absolute Gasteiger partial charge is 0.276 e. The van der Waals surface area contributed by atoms with Gasteiger partial charge in [0.25, 0.3) is 11.6 Å². The van der Waals surface area contributed by atoms with E-state index in [9.17, 15) is 14.9 Å². The lowest BCUT2D eigenvalue weighted by Crippen LogP contribution is -2.20. The monoisotopic (exact) mass is 304 g/mol. The van der Waals surface area contributed by atoms with Crippen molar-refractivity contribution in [2.75, 3.05) is 4.90 Å². The van der Waals surface area contributed by atoms with Crippen molar-refractivity contribution in [2.24, 2.45) is 0 Å². The first-order valence-corrected chi connectivity index (χ1v) is 7.19. The molecule has 0 unspecified atom stereocenters. The Morgan fingerprint density at radius 1 is 1.00 bits per heavy atom. The van der Waals surface area contributed by atoms with Crippen LogP contribution in [0.1, 0.15) is 15.9 Å². The van der Waals surface area contributed by atoms with Gasteiger partial charge in [0, 0.05) is 17.1 Å². The van der Waals surface area contributed by atoms with Crippen molar-refractivity contribution in [3.8, 4) is 0 Å². The zero-order valence-electron chi connectivity index (χ0n) is 12.3. The summed E-state index contributed by atoms with van der Waals surface area (Å²) < 4.78 is 0. The topological polar surface area (TPSA) is 63.5 Å². The number of amides is 1. The number of nitro benzene ring substituents is 1. The van der Waals surface area contributed by atoms with E-state index in [1.54, 1.807) is 29.2 Å². The van der Waals surface area contributed by atoms with Crippen LogP contribution in [0.15, 0.2) is 54.6 Å². The molecular formula is C18H12N2O3. The highest BCUT2D eigenvalue weighted by Gasteiger charge is 2.33. The molecule has 0 spiro atoms. The third kappa shape index (κ3) is 1.83. The van der Waals surface area contributed by atoms with Gasteiger partial charge in [-0.15, -0.1) is 0 Å². The number of anilines is 2. The van der Waals surface area contributed by atoms with E-state index in [0.29, 0.717) is 22.0 Å². The van der Waals surface area contributed by atoms with Gasteiger partial charge >= 0.3 is 0 Å². The second-order valence-corrected chi connectivity index (χ2v) is 5.57. The summed E-state index contributed by atoms with van der Waals surface area (Å²) in [4.78, 5) is 25.2. The molecule has 0 N–H and O–H groups in total. The van der Waals surface area contributed by atoms with Gasteiger partial charge in [0.2, 0.25) is 0 Å². The summed E-state index contributed by atoms with van der Waals surface area (Å²) in [6.07, 6.45) is 0. The molecule has 5 nitrogen and oxygen atoms in total. The number of carbonyl (C=O) groups is 1. The number of rotatable bonds is 2. The molecule has 0 radical (unpaired) electrons. The highest BCUT2D eigenvalue weighted by atomic mass is 16.6. The zero-order chi connectivity index (χ0) is 16.1. The molecule has 112 valence electrons. The van der Waals surface area contributed by atoms with E-state index in [-0.39, 0.29) is 11.6 Å². The normalized spacial score (nSPS) is 12.9. The summed E-state index contributed by atoms with van der Waals surface area (Å²) in [5.41, 5.74) is 3.07. The van der Waals surface area contributed by atoms with Gasteiger partial charge in [-0.3, -0.25) is 19.8 Å². The van der Waals surface area contributed by atoms with Crippen molar-refractivity contribution < 1.29 is 9.72 Å². The van der Waals surface area contributed by atoms with Crippen LogP contribution in [0.2, 0.25) is 0 Å². The number of aryl methyl sites for hydroxylation is 1. The van der Waals surface area contributed by atoms with Gasteiger partial charge in [0.1, 0.15) is 0 Å². The average Bonchev–Trinajstić information content (AvgIpc) is 2.83. The molecule has 23 heavy (non-hydrogen) atoms. The van der Waals surface area contributed by atoms with E-state index in [1.807, 2.05) is 31.2 Å². The zero-order valence-corrected chi connectivity index (χ0v) is 12.3. The molecule has 3 aromatic carbocycles. The first kappa shape index (κ1) is 13.5.